The molecule has 134 valence electrons. The summed E-state index contributed by atoms with van der Waals surface area (Å²) >= 11 is 0. The highest BCUT2D eigenvalue weighted by atomic mass is 31.2. The van der Waals surface area contributed by atoms with Crippen molar-refractivity contribution in [2.24, 2.45) is 0 Å². The third-order valence-corrected chi connectivity index (χ3v) is 3.97. The van der Waals surface area contributed by atoms with E-state index in [1.165, 1.54) is 13.8 Å². The van der Waals surface area contributed by atoms with Gasteiger partial charge < -0.3 is 24.2 Å². The zero-order chi connectivity index (χ0) is 18.3. The first-order valence-corrected chi connectivity index (χ1v) is 8.48. The Kier molecular flexibility index (Phi) is 8.44. The van der Waals surface area contributed by atoms with Crippen molar-refractivity contribution >= 4 is 19.7 Å². The molecule has 0 spiro atoms. The molecule has 10 heteroatoms. The Morgan fingerprint density at radius 3 is 2.09 bits per heavy atom. The fourth-order valence-corrected chi connectivity index (χ4v) is 2.67. The lowest BCUT2D eigenvalue weighted by molar-refractivity contribution is -0.138. The van der Waals surface area contributed by atoms with Gasteiger partial charge in [-0.25, -0.2) is 9.59 Å². The van der Waals surface area contributed by atoms with Crippen molar-refractivity contribution in [3.63, 3.8) is 0 Å². The molecule has 0 aromatic heterocycles. The van der Waals surface area contributed by atoms with Crippen molar-refractivity contribution in [3.8, 4) is 0 Å². The lowest BCUT2D eigenvalue weighted by atomic mass is 10.2. The Hall–Kier alpha value is -1.44. The number of nitrogens with one attached hydrogen (secondary N) is 1. The van der Waals surface area contributed by atoms with Gasteiger partial charge in [0.2, 0.25) is 5.57 Å². The SMILES string of the molecule is CCOP(=O)(OCC)/C(F)=C/[C@@H](NC(=O)OC(C)(C)C)C(=O)O. The average molecular weight is 355 g/mol. The van der Waals surface area contributed by atoms with Crippen LogP contribution < -0.4 is 5.32 Å². The van der Waals surface area contributed by atoms with Crippen LogP contribution >= 0.6 is 7.60 Å². The number of amides is 1. The Bertz CT molecular complexity index is 491. The van der Waals surface area contributed by atoms with Crippen LogP contribution in [0.3, 0.4) is 0 Å². The van der Waals surface area contributed by atoms with E-state index in [9.17, 15) is 18.5 Å². The Labute approximate surface area is 134 Å². The minimum Gasteiger partial charge on any atom is -0.479 e. The highest BCUT2D eigenvalue weighted by Crippen LogP contribution is 2.56. The second kappa shape index (κ2) is 9.00. The number of ether oxygens (including phenoxy) is 1. The molecular formula is C13H23FNO7P. The van der Waals surface area contributed by atoms with Gasteiger partial charge >= 0.3 is 19.7 Å². The molecular weight excluding hydrogens is 332 g/mol. The predicted octanol–water partition coefficient (Wildman–Crippen LogP) is 3.04. The van der Waals surface area contributed by atoms with Crippen LogP contribution in [0.2, 0.25) is 0 Å². The van der Waals surface area contributed by atoms with E-state index < -0.39 is 36.9 Å². The molecule has 0 fully saturated rings. The van der Waals surface area contributed by atoms with E-state index in [2.05, 4.69) is 0 Å². The summed E-state index contributed by atoms with van der Waals surface area (Å²) < 4.78 is 40.7. The monoisotopic (exact) mass is 355 g/mol. The smallest absolute Gasteiger partial charge is 0.408 e. The van der Waals surface area contributed by atoms with Crippen LogP contribution in [-0.4, -0.2) is 42.0 Å². The predicted molar refractivity (Wildman–Crippen MR) is 80.8 cm³/mol. The number of rotatable bonds is 8. The van der Waals surface area contributed by atoms with Gasteiger partial charge in [0.25, 0.3) is 0 Å². The van der Waals surface area contributed by atoms with Gasteiger partial charge in [0.05, 0.1) is 13.2 Å². The number of hydrogen-bond donors (Lipinski definition) is 2. The van der Waals surface area contributed by atoms with Crippen molar-refractivity contribution in [2.75, 3.05) is 13.2 Å². The zero-order valence-corrected chi connectivity index (χ0v) is 14.7. The Morgan fingerprint density at radius 1 is 1.26 bits per heavy atom. The van der Waals surface area contributed by atoms with Crippen molar-refractivity contribution in [3.05, 3.63) is 11.6 Å². The first-order chi connectivity index (χ1) is 10.4. The summed E-state index contributed by atoms with van der Waals surface area (Å²) in [7, 11) is -4.25. The van der Waals surface area contributed by atoms with Crippen LogP contribution in [0.1, 0.15) is 34.6 Å². The summed E-state index contributed by atoms with van der Waals surface area (Å²) in [5.74, 6) is -1.56. The number of carboxylic acid groups (broad SMARTS) is 1. The molecule has 0 aromatic carbocycles. The summed E-state index contributed by atoms with van der Waals surface area (Å²) in [4.78, 5) is 22.7. The van der Waals surface area contributed by atoms with Crippen molar-refractivity contribution < 1.29 is 37.4 Å². The van der Waals surface area contributed by atoms with Crippen molar-refractivity contribution in [1.82, 2.24) is 5.32 Å². The number of alkyl carbamates (subject to hydrolysis) is 1. The molecule has 0 aliphatic rings. The minimum atomic E-state index is -4.25. The van der Waals surface area contributed by atoms with Crippen LogP contribution in [0.4, 0.5) is 9.18 Å². The molecule has 0 radical (unpaired) electrons. The van der Waals surface area contributed by atoms with E-state index in [1.54, 1.807) is 20.8 Å². The molecule has 0 aliphatic heterocycles. The van der Waals surface area contributed by atoms with Crippen LogP contribution in [0, 0.1) is 0 Å². The van der Waals surface area contributed by atoms with Crippen molar-refractivity contribution in [1.29, 1.82) is 0 Å². The van der Waals surface area contributed by atoms with E-state index in [0.717, 1.165) is 0 Å². The number of carboxylic acids is 1. The van der Waals surface area contributed by atoms with Gasteiger partial charge in [0.15, 0.2) is 6.04 Å². The van der Waals surface area contributed by atoms with E-state index in [1.807, 2.05) is 5.32 Å². The molecule has 0 saturated heterocycles. The molecule has 0 aliphatic carbocycles. The maximum atomic E-state index is 14.1. The van der Waals surface area contributed by atoms with Gasteiger partial charge in [0, 0.05) is 0 Å². The summed E-state index contributed by atoms with van der Waals surface area (Å²) in [5, 5.41) is 11.0. The first kappa shape index (κ1) is 21.6. The quantitative estimate of drug-likeness (QED) is 0.644. The normalized spacial score (nSPS) is 14.3. The molecule has 1 atom stereocenters. The Morgan fingerprint density at radius 2 is 1.74 bits per heavy atom. The summed E-state index contributed by atoms with van der Waals surface area (Å²) in [6.45, 7) is 7.50. The average Bonchev–Trinajstić information content (AvgIpc) is 2.35. The first-order valence-electron chi connectivity index (χ1n) is 6.94. The summed E-state index contributed by atoms with van der Waals surface area (Å²) in [6.07, 6.45) is -0.602. The zero-order valence-electron chi connectivity index (χ0n) is 13.8. The van der Waals surface area contributed by atoms with Crippen LogP contribution in [0.5, 0.6) is 0 Å². The number of halogens is 1. The maximum absolute atomic E-state index is 14.1. The second-order valence-electron chi connectivity index (χ2n) is 5.28. The number of aliphatic carboxylic acids is 1. The van der Waals surface area contributed by atoms with Crippen LogP contribution in [-0.2, 0) is 23.1 Å². The Balaban J connectivity index is 5.27. The minimum absolute atomic E-state index is 0.101. The van der Waals surface area contributed by atoms with E-state index in [0.29, 0.717) is 6.08 Å². The van der Waals surface area contributed by atoms with Gasteiger partial charge in [-0.15, -0.1) is 0 Å². The number of carbonyl (C=O) groups is 2. The van der Waals surface area contributed by atoms with Gasteiger partial charge in [-0.3, -0.25) is 4.57 Å². The molecule has 0 aromatic rings. The lowest BCUT2D eigenvalue weighted by Gasteiger charge is -2.21. The topological polar surface area (TPSA) is 111 Å². The highest BCUT2D eigenvalue weighted by molar-refractivity contribution is 7.58. The molecule has 2 N–H and O–H groups in total. The summed E-state index contributed by atoms with van der Waals surface area (Å²) in [6, 6.07) is -1.79. The fraction of sp³-hybridized carbons (Fsp3) is 0.692. The molecule has 0 unspecified atom stereocenters. The third kappa shape index (κ3) is 8.11. The molecule has 0 heterocycles. The molecule has 23 heavy (non-hydrogen) atoms. The largest absolute Gasteiger partial charge is 0.479 e. The van der Waals surface area contributed by atoms with Gasteiger partial charge in [-0.05, 0) is 40.7 Å². The van der Waals surface area contributed by atoms with Gasteiger partial charge in [-0.1, -0.05) is 0 Å². The van der Waals surface area contributed by atoms with Crippen molar-refractivity contribution in [2.45, 2.75) is 46.3 Å². The molecule has 0 rings (SSSR count). The second-order valence-corrected chi connectivity index (χ2v) is 7.22. The van der Waals surface area contributed by atoms with Gasteiger partial charge in [-0.2, -0.15) is 4.39 Å². The number of carbonyl (C=O) groups excluding carboxylic acids is 1. The van der Waals surface area contributed by atoms with Gasteiger partial charge in [0.1, 0.15) is 5.60 Å². The summed E-state index contributed by atoms with van der Waals surface area (Å²) in [5.41, 5.74) is -2.26. The molecule has 8 nitrogen and oxygen atoms in total. The fourth-order valence-electron chi connectivity index (χ4n) is 1.34. The molecule has 0 bridgehead atoms. The maximum Gasteiger partial charge on any atom is 0.408 e. The van der Waals surface area contributed by atoms with E-state index >= 15 is 0 Å². The van der Waals surface area contributed by atoms with E-state index in [-0.39, 0.29) is 13.2 Å². The highest BCUT2D eigenvalue weighted by Gasteiger charge is 2.33. The molecule has 0 saturated carbocycles. The van der Waals surface area contributed by atoms with E-state index in [4.69, 9.17) is 18.9 Å². The standard InChI is InChI=1S/C13H23FNO7P/c1-6-20-23(19,21-7-2)10(14)8-9(11(16)17)15-12(18)22-13(3,4)5/h8-9H,6-7H2,1-5H3,(H,15,18)(H,16,17)/b10-8+/t9-/m1/s1. The lowest BCUT2D eigenvalue weighted by Crippen LogP contribution is -2.42. The third-order valence-electron chi connectivity index (χ3n) is 2.10. The molecule has 1 amide bonds. The number of hydrogen-bond acceptors (Lipinski definition) is 6. The van der Waals surface area contributed by atoms with Crippen LogP contribution in [0.25, 0.3) is 0 Å². The van der Waals surface area contributed by atoms with Crippen LogP contribution in [0.15, 0.2) is 11.6 Å².